The number of nitrogens with zero attached hydrogens (tertiary/aromatic N) is 2. The number of aliphatic carboxylic acids is 2. The first-order valence-corrected chi connectivity index (χ1v) is 13.2. The van der Waals surface area contributed by atoms with Crippen LogP contribution >= 0.6 is 11.6 Å². The van der Waals surface area contributed by atoms with Crippen LogP contribution in [0.4, 0.5) is 11.4 Å². The maximum Gasteiger partial charge on any atom is 0.414 e. The maximum absolute atomic E-state index is 13.2. The molecular formula is C24H30ClN3O7S. The molecule has 1 aliphatic heterocycles. The highest BCUT2D eigenvalue weighted by Gasteiger charge is 2.25. The number of likely N-dealkylation sites (tertiary alicyclic amines) is 1. The molecule has 1 aliphatic rings. The lowest BCUT2D eigenvalue weighted by Gasteiger charge is -2.23. The van der Waals surface area contributed by atoms with E-state index < -0.39 is 22.0 Å². The highest BCUT2D eigenvalue weighted by atomic mass is 35.5. The second kappa shape index (κ2) is 13.8. The van der Waals surface area contributed by atoms with Crippen molar-refractivity contribution in [1.82, 2.24) is 4.90 Å². The Morgan fingerprint density at radius 1 is 0.972 bits per heavy atom. The van der Waals surface area contributed by atoms with Gasteiger partial charge in [-0.05, 0) is 63.2 Å². The van der Waals surface area contributed by atoms with Gasteiger partial charge < -0.3 is 15.5 Å². The van der Waals surface area contributed by atoms with Crippen molar-refractivity contribution in [2.75, 3.05) is 35.8 Å². The van der Waals surface area contributed by atoms with Crippen LogP contribution in [0.5, 0.6) is 0 Å². The normalized spacial score (nSPS) is 14.1. The molecule has 196 valence electrons. The largest absolute Gasteiger partial charge is 0.473 e. The third-order valence-corrected chi connectivity index (χ3v) is 7.61. The lowest BCUT2D eigenvalue weighted by atomic mass is 10.2. The molecule has 1 amide bonds. The molecule has 0 aromatic heterocycles. The van der Waals surface area contributed by atoms with Crippen LogP contribution in [0.1, 0.15) is 32.6 Å². The van der Waals surface area contributed by atoms with Crippen molar-refractivity contribution in [3.8, 4) is 0 Å². The topological polar surface area (TPSA) is 144 Å². The van der Waals surface area contributed by atoms with Gasteiger partial charge in [-0.25, -0.2) is 18.0 Å². The minimum absolute atomic E-state index is 0.0858. The third-order valence-electron chi connectivity index (χ3n) is 5.38. The Kier molecular flexibility index (Phi) is 11.2. The molecule has 0 radical (unpaired) electrons. The Bertz CT molecular complexity index is 1140. The van der Waals surface area contributed by atoms with Crippen LogP contribution in [0.25, 0.3) is 0 Å². The van der Waals surface area contributed by atoms with E-state index in [1.165, 1.54) is 35.3 Å². The monoisotopic (exact) mass is 539 g/mol. The number of carboxylic acid groups (broad SMARTS) is 2. The van der Waals surface area contributed by atoms with Crippen LogP contribution in [0, 0.1) is 0 Å². The molecule has 1 heterocycles. The number of anilines is 2. The fourth-order valence-electron chi connectivity index (χ4n) is 3.66. The number of halogens is 1. The lowest BCUT2D eigenvalue weighted by molar-refractivity contribution is -0.159. The van der Waals surface area contributed by atoms with Gasteiger partial charge in [0.2, 0.25) is 5.91 Å². The zero-order valence-corrected chi connectivity index (χ0v) is 21.5. The van der Waals surface area contributed by atoms with E-state index in [-0.39, 0.29) is 23.9 Å². The Morgan fingerprint density at radius 2 is 1.56 bits per heavy atom. The predicted octanol–water partition coefficient (Wildman–Crippen LogP) is 3.53. The molecule has 0 bridgehead atoms. The summed E-state index contributed by atoms with van der Waals surface area (Å²) in [6, 6.07) is 13.3. The number of carbonyl (C=O) groups is 3. The van der Waals surface area contributed by atoms with Gasteiger partial charge >= 0.3 is 11.9 Å². The van der Waals surface area contributed by atoms with Gasteiger partial charge in [0.1, 0.15) is 0 Å². The molecule has 2 aromatic carbocycles. The molecule has 0 aliphatic carbocycles. The molecule has 2 aromatic rings. The van der Waals surface area contributed by atoms with Crippen LogP contribution in [-0.4, -0.2) is 67.6 Å². The van der Waals surface area contributed by atoms with Crippen LogP contribution in [0.2, 0.25) is 5.02 Å². The number of rotatable bonds is 7. The predicted molar refractivity (Wildman–Crippen MR) is 137 cm³/mol. The number of carboxylic acids is 2. The average molecular weight is 540 g/mol. The van der Waals surface area contributed by atoms with E-state index >= 15 is 0 Å². The second-order valence-electron chi connectivity index (χ2n) is 8.00. The zero-order chi connectivity index (χ0) is 26.7. The summed E-state index contributed by atoms with van der Waals surface area (Å²) in [7, 11) is -3.80. The molecule has 1 saturated heterocycles. The Morgan fingerprint density at radius 3 is 2.08 bits per heavy atom. The van der Waals surface area contributed by atoms with E-state index in [0.29, 0.717) is 16.4 Å². The first kappa shape index (κ1) is 29.1. The number of sulfonamides is 1. The molecule has 36 heavy (non-hydrogen) atoms. The zero-order valence-electron chi connectivity index (χ0n) is 19.9. The number of amides is 1. The minimum Gasteiger partial charge on any atom is -0.473 e. The summed E-state index contributed by atoms with van der Waals surface area (Å²) in [5.74, 6) is -3.84. The van der Waals surface area contributed by atoms with E-state index in [0.717, 1.165) is 25.9 Å². The lowest BCUT2D eigenvalue weighted by Crippen LogP contribution is -2.34. The molecule has 3 rings (SSSR count). The quantitative estimate of drug-likeness (QED) is 0.453. The number of hydrogen-bond acceptors (Lipinski definition) is 6. The molecule has 12 heteroatoms. The van der Waals surface area contributed by atoms with Gasteiger partial charge in [0.15, 0.2) is 0 Å². The van der Waals surface area contributed by atoms with Crippen LogP contribution < -0.4 is 9.62 Å². The van der Waals surface area contributed by atoms with Crippen molar-refractivity contribution in [2.45, 2.75) is 37.5 Å². The molecule has 0 atom stereocenters. The van der Waals surface area contributed by atoms with E-state index in [4.69, 9.17) is 31.4 Å². The highest BCUT2D eigenvalue weighted by molar-refractivity contribution is 7.92. The van der Waals surface area contributed by atoms with Crippen LogP contribution in [0.15, 0.2) is 53.4 Å². The molecule has 0 unspecified atom stereocenters. The SMILES string of the molecule is CCN(c1ccccc1)S(=O)(=O)c1ccc(Cl)c(NC(=O)CN2CCCCCC2)c1.O=C(O)C(=O)O. The van der Waals surface area contributed by atoms with Crippen molar-refractivity contribution >= 4 is 50.8 Å². The fraction of sp³-hybridized carbons (Fsp3) is 0.375. The van der Waals surface area contributed by atoms with Gasteiger partial charge in [0.25, 0.3) is 10.0 Å². The maximum atomic E-state index is 13.2. The van der Waals surface area contributed by atoms with Gasteiger partial charge in [-0.1, -0.05) is 42.6 Å². The molecule has 10 nitrogen and oxygen atoms in total. The van der Waals surface area contributed by atoms with Crippen molar-refractivity contribution in [3.05, 3.63) is 53.6 Å². The van der Waals surface area contributed by atoms with E-state index in [1.807, 2.05) is 6.07 Å². The summed E-state index contributed by atoms with van der Waals surface area (Å²) in [6.07, 6.45) is 4.57. The number of carbonyl (C=O) groups excluding carboxylic acids is 1. The van der Waals surface area contributed by atoms with Crippen LogP contribution in [-0.2, 0) is 24.4 Å². The van der Waals surface area contributed by atoms with Gasteiger partial charge in [0.05, 0.1) is 27.8 Å². The molecule has 1 fully saturated rings. The van der Waals surface area contributed by atoms with Crippen molar-refractivity contribution in [2.24, 2.45) is 0 Å². The molecule has 3 N–H and O–H groups in total. The summed E-state index contributed by atoms with van der Waals surface area (Å²) in [5, 5.41) is 17.9. The first-order valence-electron chi connectivity index (χ1n) is 11.4. The Labute approximate surface area is 215 Å². The fourth-order valence-corrected chi connectivity index (χ4v) is 5.33. The smallest absolute Gasteiger partial charge is 0.414 e. The number of hydrogen-bond donors (Lipinski definition) is 3. The minimum atomic E-state index is -3.80. The van der Waals surface area contributed by atoms with Gasteiger partial charge in [-0.3, -0.25) is 14.0 Å². The summed E-state index contributed by atoms with van der Waals surface area (Å²) >= 11 is 6.25. The summed E-state index contributed by atoms with van der Waals surface area (Å²) in [6.45, 7) is 4.14. The average Bonchev–Trinajstić information content (AvgIpc) is 3.10. The van der Waals surface area contributed by atoms with Gasteiger partial charge in [-0.15, -0.1) is 0 Å². The second-order valence-corrected chi connectivity index (χ2v) is 10.3. The summed E-state index contributed by atoms with van der Waals surface area (Å²) in [4.78, 5) is 33.0. The standard InChI is InChI=1S/C22H28ClN3O3S.C2H2O4/c1-2-26(18-10-6-5-7-11-18)30(28,29)19-12-13-20(23)21(16-19)24-22(27)17-25-14-8-3-4-9-15-25;3-1(4)2(5)6/h5-7,10-13,16H,2-4,8-9,14-15,17H2,1H3,(H,24,27);(H,3,4)(H,5,6). The third kappa shape index (κ3) is 8.51. The first-order chi connectivity index (χ1) is 17.1. The Balaban J connectivity index is 0.000000678. The molecule has 0 spiro atoms. The number of benzene rings is 2. The summed E-state index contributed by atoms with van der Waals surface area (Å²) in [5.41, 5.74) is 0.892. The Hall–Kier alpha value is -3.15. The molecule has 0 saturated carbocycles. The van der Waals surface area contributed by atoms with Crippen molar-refractivity contribution in [3.63, 3.8) is 0 Å². The van der Waals surface area contributed by atoms with Crippen LogP contribution in [0.3, 0.4) is 0 Å². The van der Waals surface area contributed by atoms with Crippen molar-refractivity contribution < 1.29 is 33.0 Å². The van der Waals surface area contributed by atoms with E-state index in [1.54, 1.807) is 31.2 Å². The van der Waals surface area contributed by atoms with Gasteiger partial charge in [0, 0.05) is 6.54 Å². The van der Waals surface area contributed by atoms with Gasteiger partial charge in [-0.2, -0.15) is 0 Å². The highest BCUT2D eigenvalue weighted by Crippen LogP contribution is 2.29. The van der Waals surface area contributed by atoms with E-state index in [2.05, 4.69) is 10.2 Å². The molecular weight excluding hydrogens is 510 g/mol. The number of para-hydroxylation sites is 1. The number of nitrogens with one attached hydrogen (secondary N) is 1. The summed E-state index contributed by atoms with van der Waals surface area (Å²) < 4.78 is 27.8. The van der Waals surface area contributed by atoms with Crippen molar-refractivity contribution in [1.29, 1.82) is 0 Å². The van der Waals surface area contributed by atoms with E-state index in [9.17, 15) is 13.2 Å².